The van der Waals surface area contributed by atoms with E-state index in [1.807, 2.05) is 0 Å². The number of benzene rings is 1. The van der Waals surface area contributed by atoms with Gasteiger partial charge in [-0.05, 0) is 36.1 Å². The quantitative estimate of drug-likeness (QED) is 0.787. The van der Waals surface area contributed by atoms with Crippen molar-refractivity contribution in [3.8, 4) is 5.75 Å². The summed E-state index contributed by atoms with van der Waals surface area (Å²) in [5, 5.41) is 0. The average molecular weight is 263 g/mol. The van der Waals surface area contributed by atoms with Gasteiger partial charge in [0.25, 0.3) is 0 Å². The molecule has 0 atom stereocenters. The molecule has 1 aliphatic heterocycles. The van der Waals surface area contributed by atoms with Crippen LogP contribution in [-0.4, -0.2) is 44.4 Å². The molecule has 19 heavy (non-hydrogen) atoms. The highest BCUT2D eigenvalue weighted by atomic mass is 16.5. The Morgan fingerprint density at radius 1 is 1.11 bits per heavy atom. The first kappa shape index (κ1) is 14.4. The van der Waals surface area contributed by atoms with Crippen LogP contribution in [0.3, 0.4) is 0 Å². The Morgan fingerprint density at radius 2 is 1.84 bits per heavy atom. The van der Waals surface area contributed by atoms with Gasteiger partial charge < -0.3 is 9.47 Å². The number of nitrogens with zero attached hydrogens (tertiary/aromatic N) is 1. The Balaban J connectivity index is 1.81. The molecule has 3 heteroatoms. The Labute approximate surface area is 116 Å². The largest absolute Gasteiger partial charge is 0.492 e. The number of rotatable bonds is 6. The Kier molecular flexibility index (Phi) is 5.67. The number of hydrogen-bond acceptors (Lipinski definition) is 3. The molecule has 0 aliphatic carbocycles. The topological polar surface area (TPSA) is 21.7 Å². The Hall–Kier alpha value is -1.06. The third-order valence-corrected chi connectivity index (χ3v) is 3.72. The fraction of sp³-hybridized carbons (Fsp3) is 0.625. The van der Waals surface area contributed by atoms with E-state index < -0.39 is 0 Å². The second-order valence-corrected chi connectivity index (χ2v) is 4.94. The molecule has 0 spiro atoms. The predicted octanol–water partition coefficient (Wildman–Crippen LogP) is 2.52. The van der Waals surface area contributed by atoms with E-state index in [0.717, 1.165) is 58.0 Å². The lowest BCUT2D eigenvalue weighted by Gasteiger charge is -2.26. The maximum absolute atomic E-state index is 5.87. The maximum Gasteiger partial charge on any atom is 0.119 e. The van der Waals surface area contributed by atoms with Crippen molar-refractivity contribution < 1.29 is 9.47 Å². The lowest BCUT2D eigenvalue weighted by Crippen LogP contribution is -2.38. The maximum atomic E-state index is 5.87. The number of hydrogen-bond donors (Lipinski definition) is 0. The Bertz CT molecular complexity index is 386. The summed E-state index contributed by atoms with van der Waals surface area (Å²) in [7, 11) is 0. The van der Waals surface area contributed by atoms with E-state index in [0.29, 0.717) is 0 Å². The van der Waals surface area contributed by atoms with Gasteiger partial charge in [-0.1, -0.05) is 19.9 Å². The van der Waals surface area contributed by atoms with Crippen LogP contribution in [0.4, 0.5) is 0 Å². The summed E-state index contributed by atoms with van der Waals surface area (Å²) in [6.45, 7) is 9.90. The van der Waals surface area contributed by atoms with Crippen molar-refractivity contribution >= 4 is 0 Å². The predicted molar refractivity (Wildman–Crippen MR) is 78.0 cm³/mol. The first-order valence-corrected chi connectivity index (χ1v) is 7.38. The molecule has 1 aromatic carbocycles. The highest BCUT2D eigenvalue weighted by Crippen LogP contribution is 2.19. The summed E-state index contributed by atoms with van der Waals surface area (Å²) in [6, 6.07) is 6.48. The molecule has 1 aliphatic rings. The molecule has 1 aromatic rings. The highest BCUT2D eigenvalue weighted by molar-refractivity contribution is 5.35. The van der Waals surface area contributed by atoms with Gasteiger partial charge in [0.1, 0.15) is 12.4 Å². The molecule has 1 fully saturated rings. The molecular weight excluding hydrogens is 238 g/mol. The molecule has 0 amide bonds. The minimum atomic E-state index is 0.759. The number of ether oxygens (including phenoxy) is 2. The van der Waals surface area contributed by atoms with E-state index in [2.05, 4.69) is 36.9 Å². The normalized spacial score (nSPS) is 16.5. The van der Waals surface area contributed by atoms with Gasteiger partial charge >= 0.3 is 0 Å². The van der Waals surface area contributed by atoms with Crippen LogP contribution in [0.1, 0.15) is 25.0 Å². The molecule has 106 valence electrons. The highest BCUT2D eigenvalue weighted by Gasteiger charge is 2.10. The molecule has 0 aromatic heterocycles. The van der Waals surface area contributed by atoms with Crippen LogP contribution >= 0.6 is 0 Å². The molecule has 1 saturated heterocycles. The molecule has 2 rings (SSSR count). The SMILES string of the molecule is CCc1ccc(OCCN2CCOCC2)cc1CC. The van der Waals surface area contributed by atoms with Crippen LogP contribution in [0.15, 0.2) is 18.2 Å². The second-order valence-electron chi connectivity index (χ2n) is 4.94. The van der Waals surface area contributed by atoms with Crippen molar-refractivity contribution in [2.75, 3.05) is 39.5 Å². The zero-order valence-corrected chi connectivity index (χ0v) is 12.2. The van der Waals surface area contributed by atoms with E-state index in [4.69, 9.17) is 9.47 Å². The van der Waals surface area contributed by atoms with Gasteiger partial charge in [-0.15, -0.1) is 0 Å². The van der Waals surface area contributed by atoms with Gasteiger partial charge in [0.05, 0.1) is 13.2 Å². The van der Waals surface area contributed by atoms with Crippen LogP contribution < -0.4 is 4.74 Å². The third-order valence-electron chi connectivity index (χ3n) is 3.72. The van der Waals surface area contributed by atoms with Crippen LogP contribution in [0.2, 0.25) is 0 Å². The summed E-state index contributed by atoms with van der Waals surface area (Å²) in [5.74, 6) is 1.00. The second kappa shape index (κ2) is 7.51. The molecule has 0 radical (unpaired) electrons. The van der Waals surface area contributed by atoms with Crippen LogP contribution in [0.25, 0.3) is 0 Å². The molecule has 0 saturated carbocycles. The lowest BCUT2D eigenvalue weighted by atomic mass is 10.0. The smallest absolute Gasteiger partial charge is 0.119 e. The summed E-state index contributed by atoms with van der Waals surface area (Å²) < 4.78 is 11.2. The van der Waals surface area contributed by atoms with E-state index in [-0.39, 0.29) is 0 Å². The molecule has 3 nitrogen and oxygen atoms in total. The Morgan fingerprint density at radius 3 is 2.53 bits per heavy atom. The first-order chi connectivity index (χ1) is 9.33. The minimum Gasteiger partial charge on any atom is -0.492 e. The summed E-state index contributed by atoms with van der Waals surface area (Å²) >= 11 is 0. The van der Waals surface area contributed by atoms with Crippen LogP contribution in [0.5, 0.6) is 5.75 Å². The van der Waals surface area contributed by atoms with Gasteiger partial charge in [0, 0.05) is 19.6 Å². The van der Waals surface area contributed by atoms with Crippen molar-refractivity contribution in [2.45, 2.75) is 26.7 Å². The molecule has 1 heterocycles. The number of aryl methyl sites for hydroxylation is 2. The van der Waals surface area contributed by atoms with E-state index in [1.54, 1.807) is 0 Å². The van der Waals surface area contributed by atoms with Crippen molar-refractivity contribution in [1.82, 2.24) is 4.90 Å². The van der Waals surface area contributed by atoms with E-state index in [1.165, 1.54) is 11.1 Å². The standard InChI is InChI=1S/C16H25NO2/c1-3-14-5-6-16(13-15(14)4-2)19-12-9-17-7-10-18-11-8-17/h5-6,13H,3-4,7-12H2,1-2H3. The summed E-state index contributed by atoms with van der Waals surface area (Å²) in [5.41, 5.74) is 2.84. The van der Waals surface area contributed by atoms with E-state index in [9.17, 15) is 0 Å². The third kappa shape index (κ3) is 4.22. The fourth-order valence-electron chi connectivity index (χ4n) is 2.48. The van der Waals surface area contributed by atoms with Crippen molar-refractivity contribution in [2.24, 2.45) is 0 Å². The van der Waals surface area contributed by atoms with Gasteiger partial charge in [-0.25, -0.2) is 0 Å². The molecule has 0 unspecified atom stereocenters. The average Bonchev–Trinajstić information content (AvgIpc) is 2.48. The monoisotopic (exact) mass is 263 g/mol. The van der Waals surface area contributed by atoms with Gasteiger partial charge in [-0.2, -0.15) is 0 Å². The minimum absolute atomic E-state index is 0.759. The van der Waals surface area contributed by atoms with Crippen LogP contribution in [-0.2, 0) is 17.6 Å². The van der Waals surface area contributed by atoms with Crippen LogP contribution in [0, 0.1) is 0 Å². The summed E-state index contributed by atoms with van der Waals surface area (Å²) in [4.78, 5) is 2.39. The fourth-order valence-corrected chi connectivity index (χ4v) is 2.48. The molecule has 0 bridgehead atoms. The lowest BCUT2D eigenvalue weighted by molar-refractivity contribution is 0.0322. The summed E-state index contributed by atoms with van der Waals surface area (Å²) in [6.07, 6.45) is 2.17. The molecular formula is C16H25NO2. The van der Waals surface area contributed by atoms with Gasteiger partial charge in [0.2, 0.25) is 0 Å². The van der Waals surface area contributed by atoms with Crippen molar-refractivity contribution in [3.05, 3.63) is 29.3 Å². The van der Waals surface area contributed by atoms with Crippen molar-refractivity contribution in [1.29, 1.82) is 0 Å². The van der Waals surface area contributed by atoms with Crippen molar-refractivity contribution in [3.63, 3.8) is 0 Å². The van der Waals surface area contributed by atoms with Gasteiger partial charge in [0.15, 0.2) is 0 Å². The zero-order chi connectivity index (χ0) is 13.5. The molecule has 0 N–H and O–H groups in total. The first-order valence-electron chi connectivity index (χ1n) is 7.38. The zero-order valence-electron chi connectivity index (χ0n) is 12.2. The van der Waals surface area contributed by atoms with Gasteiger partial charge in [-0.3, -0.25) is 4.90 Å². The van der Waals surface area contributed by atoms with E-state index >= 15 is 0 Å². The number of morpholine rings is 1.